The lowest BCUT2D eigenvalue weighted by molar-refractivity contribution is -0.182. The van der Waals surface area contributed by atoms with E-state index in [9.17, 15) is 18.8 Å². The van der Waals surface area contributed by atoms with Crippen molar-refractivity contribution < 1.29 is 33.7 Å². The van der Waals surface area contributed by atoms with Gasteiger partial charge in [-0.15, -0.1) is 0 Å². The van der Waals surface area contributed by atoms with Crippen LogP contribution < -0.4 is 10.1 Å². The maximum absolute atomic E-state index is 14.8. The number of hydrogen-bond donors (Lipinski definition) is 1. The number of nitrogens with zero attached hydrogens (tertiary/aromatic N) is 2. The van der Waals surface area contributed by atoms with Crippen LogP contribution in [-0.2, 0) is 34.0 Å². The van der Waals surface area contributed by atoms with Gasteiger partial charge in [-0.25, -0.2) is 4.39 Å². The van der Waals surface area contributed by atoms with E-state index in [0.717, 1.165) is 10.5 Å². The summed E-state index contributed by atoms with van der Waals surface area (Å²) in [6.07, 6.45) is -6.03. The number of carbonyl (C=O) groups excluding carboxylic acids is 3. The Bertz CT molecular complexity index is 1450. The second kappa shape index (κ2) is 9.78. The molecule has 2 saturated heterocycles. The van der Waals surface area contributed by atoms with Gasteiger partial charge >= 0.3 is 0 Å². The highest BCUT2D eigenvalue weighted by molar-refractivity contribution is 6.05. The molecule has 0 spiro atoms. The van der Waals surface area contributed by atoms with Gasteiger partial charge in [0.15, 0.2) is 0 Å². The number of benzene rings is 2. The number of rotatable bonds is 6. The number of fused-ring (bicyclic) bond motifs is 1. The molecule has 9 heteroatoms. The van der Waals surface area contributed by atoms with E-state index in [1.54, 1.807) is 24.3 Å². The lowest BCUT2D eigenvalue weighted by Gasteiger charge is -2.47. The highest BCUT2D eigenvalue weighted by Crippen LogP contribution is 2.34. The summed E-state index contributed by atoms with van der Waals surface area (Å²) in [5.41, 5.74) is 1.06. The molecule has 3 heterocycles. The molecule has 2 aromatic carbocycles. The fourth-order valence-electron chi connectivity index (χ4n) is 5.61. The van der Waals surface area contributed by atoms with Crippen LogP contribution in [0, 0.1) is 5.82 Å². The largest absolute Gasteiger partial charge is 0.488 e. The fourth-order valence-corrected chi connectivity index (χ4v) is 5.61. The SMILES string of the molecule is [2H]C1([2H])C(=O)NC(=O)C(N2Cc3c(OCc4cc(CN5CC(C)(C)OC(C)(C)C5)ccc4F)cccc3C2=O)C1([2H])[2H]. The normalized spacial score (nSPS) is 27.0. The predicted octanol–water partition coefficient (Wildman–Crippen LogP) is 3.56. The topological polar surface area (TPSA) is 88.2 Å². The number of amides is 3. The van der Waals surface area contributed by atoms with Gasteiger partial charge in [-0.2, -0.15) is 0 Å². The molecule has 1 N–H and O–H groups in total. The Labute approximate surface area is 227 Å². The highest BCUT2D eigenvalue weighted by Gasteiger charge is 2.40. The molecule has 0 bridgehead atoms. The first-order chi connectivity index (χ1) is 19.4. The van der Waals surface area contributed by atoms with Crippen molar-refractivity contribution in [2.24, 2.45) is 0 Å². The third-order valence-corrected chi connectivity index (χ3v) is 6.73. The van der Waals surface area contributed by atoms with Gasteiger partial charge in [-0.05, 0) is 63.9 Å². The first-order valence-electron chi connectivity index (χ1n) is 14.5. The van der Waals surface area contributed by atoms with Crippen LogP contribution in [0.5, 0.6) is 5.75 Å². The van der Waals surface area contributed by atoms with Crippen LogP contribution in [0.4, 0.5) is 4.39 Å². The van der Waals surface area contributed by atoms with E-state index in [0.29, 0.717) is 30.8 Å². The Kier molecular flexibility index (Phi) is 5.56. The zero-order valence-corrected chi connectivity index (χ0v) is 21.9. The third kappa shape index (κ3) is 5.44. The zero-order valence-electron chi connectivity index (χ0n) is 25.9. The molecule has 2 aromatic rings. The first-order valence-corrected chi connectivity index (χ1v) is 12.5. The first kappa shape index (κ1) is 21.6. The van der Waals surface area contributed by atoms with Crippen molar-refractivity contribution in [3.05, 3.63) is 64.5 Å². The smallest absolute Gasteiger partial charge is 0.255 e. The average Bonchev–Trinajstić information content (AvgIpc) is 3.18. The molecule has 3 amide bonds. The van der Waals surface area contributed by atoms with Crippen LogP contribution >= 0.6 is 0 Å². The van der Waals surface area contributed by atoms with Crippen molar-refractivity contribution in [2.75, 3.05) is 13.1 Å². The van der Waals surface area contributed by atoms with Crippen LogP contribution in [0.1, 0.15) is 73.0 Å². The van der Waals surface area contributed by atoms with E-state index in [1.807, 2.05) is 33.0 Å². The minimum absolute atomic E-state index is 0.147. The van der Waals surface area contributed by atoms with Crippen molar-refractivity contribution >= 4 is 17.7 Å². The van der Waals surface area contributed by atoms with Gasteiger partial charge in [-0.3, -0.25) is 24.6 Å². The number of morpholine rings is 1. The summed E-state index contributed by atoms with van der Waals surface area (Å²) in [6.45, 7) is 9.79. The lowest BCUT2D eigenvalue weighted by Crippen LogP contribution is -2.56. The minimum atomic E-state index is -3.05. The van der Waals surface area contributed by atoms with E-state index in [-0.39, 0.29) is 35.7 Å². The molecule has 5 rings (SSSR count). The number of nitrogens with one attached hydrogen (secondary N) is 1. The number of ether oxygens (including phenoxy) is 2. The van der Waals surface area contributed by atoms with E-state index in [2.05, 4.69) is 4.90 Å². The lowest BCUT2D eigenvalue weighted by atomic mass is 9.98. The summed E-state index contributed by atoms with van der Waals surface area (Å²) in [6, 6.07) is 7.62. The molecule has 202 valence electrons. The Morgan fingerprint density at radius 3 is 2.61 bits per heavy atom. The molecule has 3 aliphatic heterocycles. The summed E-state index contributed by atoms with van der Waals surface area (Å²) in [4.78, 5) is 41.1. The summed E-state index contributed by atoms with van der Waals surface area (Å²) >= 11 is 0. The predicted molar refractivity (Wildman–Crippen MR) is 138 cm³/mol. The zero-order chi connectivity index (χ0) is 30.8. The van der Waals surface area contributed by atoms with Crippen molar-refractivity contribution in [3.8, 4) is 5.75 Å². The van der Waals surface area contributed by atoms with Crippen LogP contribution in [-0.4, -0.2) is 57.9 Å². The molecule has 1 atom stereocenters. The third-order valence-electron chi connectivity index (χ3n) is 6.73. The molecule has 8 nitrogen and oxygen atoms in total. The van der Waals surface area contributed by atoms with Crippen molar-refractivity contribution in [2.45, 2.75) is 77.4 Å². The summed E-state index contributed by atoms with van der Waals surface area (Å²) in [5.74, 6) is -3.40. The van der Waals surface area contributed by atoms with Crippen molar-refractivity contribution in [1.82, 2.24) is 15.1 Å². The summed E-state index contributed by atoms with van der Waals surface area (Å²) in [7, 11) is 0. The Balaban J connectivity index is 1.34. The van der Waals surface area contributed by atoms with E-state index in [4.69, 9.17) is 15.0 Å². The second-order valence-electron chi connectivity index (χ2n) is 11.2. The Morgan fingerprint density at radius 2 is 1.87 bits per heavy atom. The summed E-state index contributed by atoms with van der Waals surface area (Å²) in [5, 5.41) is 1.84. The molecule has 0 aliphatic carbocycles. The van der Waals surface area contributed by atoms with E-state index in [1.165, 1.54) is 12.1 Å². The molecule has 38 heavy (non-hydrogen) atoms. The number of carbonyl (C=O) groups is 3. The van der Waals surface area contributed by atoms with Gasteiger partial charge in [0, 0.05) is 48.2 Å². The van der Waals surface area contributed by atoms with Gasteiger partial charge in [0.25, 0.3) is 5.91 Å². The average molecular weight is 528 g/mol. The molecule has 2 fully saturated rings. The second-order valence-corrected chi connectivity index (χ2v) is 11.2. The Morgan fingerprint density at radius 1 is 1.13 bits per heavy atom. The molecule has 1 unspecified atom stereocenters. The molecular weight excluding hydrogens is 489 g/mol. The van der Waals surface area contributed by atoms with Gasteiger partial charge in [-0.1, -0.05) is 12.1 Å². The highest BCUT2D eigenvalue weighted by atomic mass is 19.1. The minimum Gasteiger partial charge on any atom is -0.488 e. The fraction of sp³-hybridized carbons (Fsp3) is 0.483. The maximum atomic E-state index is 14.8. The maximum Gasteiger partial charge on any atom is 0.255 e. The van der Waals surface area contributed by atoms with Crippen LogP contribution in [0.25, 0.3) is 0 Å². The monoisotopic (exact) mass is 527 g/mol. The number of imide groups is 1. The van der Waals surface area contributed by atoms with Crippen LogP contribution in [0.2, 0.25) is 0 Å². The van der Waals surface area contributed by atoms with Crippen molar-refractivity contribution in [3.63, 3.8) is 0 Å². The number of halogens is 1. The number of piperidine rings is 1. The summed E-state index contributed by atoms with van der Waals surface area (Å²) < 4.78 is 59.4. The van der Waals surface area contributed by atoms with Gasteiger partial charge in [0.05, 0.1) is 17.7 Å². The van der Waals surface area contributed by atoms with Crippen LogP contribution in [0.15, 0.2) is 36.4 Å². The molecule has 0 aromatic heterocycles. The molecule has 0 saturated carbocycles. The van der Waals surface area contributed by atoms with Crippen molar-refractivity contribution in [1.29, 1.82) is 0 Å². The molecular formula is C29H34FN3O5. The van der Waals surface area contributed by atoms with Gasteiger partial charge in [0.2, 0.25) is 11.8 Å². The van der Waals surface area contributed by atoms with E-state index < -0.39 is 42.3 Å². The molecule has 3 aliphatic rings. The standard InChI is InChI=1S/C29H34FN3O5/c1-28(2)16-32(17-29(3,4)38-28)13-18-8-9-22(30)19(12-18)15-37-24-7-5-6-20-21(24)14-33(27(20)36)23-10-11-25(34)31-26(23)35/h5-9,12,23H,10-11,13-17H2,1-4H3,(H,31,34,35)/i10D2,11D2. The van der Waals surface area contributed by atoms with Gasteiger partial charge < -0.3 is 14.4 Å². The van der Waals surface area contributed by atoms with Crippen LogP contribution in [0.3, 0.4) is 0 Å². The quantitative estimate of drug-likeness (QED) is 0.578. The number of hydrogen-bond acceptors (Lipinski definition) is 6. The van der Waals surface area contributed by atoms with Gasteiger partial charge in [0.1, 0.15) is 24.2 Å². The molecule has 0 radical (unpaired) electrons. The Hall–Kier alpha value is -3.30. The van der Waals surface area contributed by atoms with E-state index >= 15 is 0 Å².